The van der Waals surface area contributed by atoms with Gasteiger partial charge in [-0.3, -0.25) is 0 Å². The Morgan fingerprint density at radius 2 is 1.52 bits per heavy atom. The zero-order valence-corrected chi connectivity index (χ0v) is 16.5. The minimum atomic E-state index is -0.728. The van der Waals surface area contributed by atoms with Crippen LogP contribution in [0.25, 0.3) is 6.08 Å². The Morgan fingerprint density at radius 3 is 1.89 bits per heavy atom. The average Bonchev–Trinajstić information content (AvgIpc) is 2.69. The van der Waals surface area contributed by atoms with Crippen molar-refractivity contribution in [1.29, 1.82) is 0 Å². The highest BCUT2D eigenvalue weighted by Gasteiger charge is 2.03. The molecule has 0 aliphatic rings. The second-order valence-corrected chi connectivity index (χ2v) is 5.28. The third kappa shape index (κ3) is 19.4. The summed E-state index contributed by atoms with van der Waals surface area (Å²) in [6.07, 6.45) is 6.77. The third-order valence-electron chi connectivity index (χ3n) is 2.91. The van der Waals surface area contributed by atoms with Crippen LogP contribution in [0.5, 0.6) is 0 Å². The highest BCUT2D eigenvalue weighted by atomic mass is 16.5. The number of hydrogen-bond acceptors (Lipinski definition) is 5. The van der Waals surface area contributed by atoms with E-state index < -0.39 is 11.7 Å². The standard InChI is InChI=1S/C8H8.C7H12O3.C7H12O2/c1-2-8-6-4-3-5-7-8;1-3-4-5-10-7(9)6(2)8;1-3-5-6-9-7(8)4-2/h2-7H,1H2;8H,2-5H2,1H3;4H,2-3,5-6H2,1H3. The Balaban J connectivity index is 0. The fraction of sp³-hybridized carbons (Fsp3) is 0.364. The molecule has 0 radical (unpaired) electrons. The number of carbonyl (C=O) groups excluding carboxylic acids is 2. The maximum absolute atomic E-state index is 10.4. The first-order valence-electron chi connectivity index (χ1n) is 8.94. The summed E-state index contributed by atoms with van der Waals surface area (Å²) >= 11 is 0. The van der Waals surface area contributed by atoms with Crippen LogP contribution in [0.1, 0.15) is 45.1 Å². The van der Waals surface area contributed by atoms with Crippen molar-refractivity contribution in [2.45, 2.75) is 39.5 Å². The smallest absolute Gasteiger partial charge is 0.372 e. The molecular weight excluding hydrogens is 344 g/mol. The summed E-state index contributed by atoms with van der Waals surface area (Å²) in [4.78, 5) is 20.8. The van der Waals surface area contributed by atoms with Crippen LogP contribution in [0.2, 0.25) is 0 Å². The van der Waals surface area contributed by atoms with Gasteiger partial charge in [0, 0.05) is 6.08 Å². The zero-order valence-electron chi connectivity index (χ0n) is 16.5. The Morgan fingerprint density at radius 1 is 1.00 bits per heavy atom. The van der Waals surface area contributed by atoms with Gasteiger partial charge in [-0.15, -0.1) is 0 Å². The first kappa shape index (κ1) is 26.4. The van der Waals surface area contributed by atoms with E-state index in [9.17, 15) is 9.59 Å². The van der Waals surface area contributed by atoms with Crippen LogP contribution in [0.15, 0.2) is 61.9 Å². The number of aliphatic hydroxyl groups excluding tert-OH is 1. The van der Waals surface area contributed by atoms with E-state index in [0.29, 0.717) is 13.2 Å². The van der Waals surface area contributed by atoms with Crippen molar-refractivity contribution in [3.8, 4) is 0 Å². The van der Waals surface area contributed by atoms with Crippen molar-refractivity contribution in [3.63, 3.8) is 0 Å². The number of hydrogen-bond donors (Lipinski definition) is 1. The molecule has 0 unspecified atom stereocenters. The molecule has 1 N–H and O–H groups in total. The van der Waals surface area contributed by atoms with Gasteiger partial charge in [0.25, 0.3) is 0 Å². The summed E-state index contributed by atoms with van der Waals surface area (Å²) in [5.41, 5.74) is 1.17. The van der Waals surface area contributed by atoms with Gasteiger partial charge in [0.1, 0.15) is 0 Å². The predicted octanol–water partition coefficient (Wildman–Crippen LogP) is 5.25. The molecule has 1 aromatic rings. The number of carbonyl (C=O) groups is 2. The molecule has 0 saturated heterocycles. The highest BCUT2D eigenvalue weighted by molar-refractivity contribution is 5.84. The summed E-state index contributed by atoms with van der Waals surface area (Å²) in [5, 5.41) is 8.45. The maximum atomic E-state index is 10.4. The molecule has 27 heavy (non-hydrogen) atoms. The second-order valence-electron chi connectivity index (χ2n) is 5.28. The summed E-state index contributed by atoms with van der Waals surface area (Å²) < 4.78 is 9.23. The first-order chi connectivity index (χ1) is 12.9. The largest absolute Gasteiger partial charge is 0.502 e. The number of esters is 2. The molecule has 0 bridgehead atoms. The van der Waals surface area contributed by atoms with Crippen LogP contribution >= 0.6 is 0 Å². The summed E-state index contributed by atoms with van der Waals surface area (Å²) in [7, 11) is 0. The average molecular weight is 376 g/mol. The van der Waals surface area contributed by atoms with Crippen LogP contribution in [0.4, 0.5) is 0 Å². The van der Waals surface area contributed by atoms with Crippen molar-refractivity contribution in [2.24, 2.45) is 0 Å². The van der Waals surface area contributed by atoms with Crippen LogP contribution in [0, 0.1) is 0 Å². The molecule has 5 heteroatoms. The van der Waals surface area contributed by atoms with Crippen LogP contribution < -0.4 is 0 Å². The fourth-order valence-electron chi connectivity index (χ4n) is 1.36. The molecular formula is C22H32O5. The summed E-state index contributed by atoms with van der Waals surface area (Å²) in [5.74, 6) is -1.59. The predicted molar refractivity (Wildman–Crippen MR) is 110 cm³/mol. The van der Waals surface area contributed by atoms with E-state index in [1.807, 2.05) is 50.3 Å². The van der Waals surface area contributed by atoms with Gasteiger partial charge in [-0.2, -0.15) is 0 Å². The Hall–Kier alpha value is -2.82. The quantitative estimate of drug-likeness (QED) is 0.276. The Labute approximate surface area is 163 Å². The van der Waals surface area contributed by atoms with E-state index in [1.54, 1.807) is 0 Å². The summed E-state index contributed by atoms with van der Waals surface area (Å²) in [6, 6.07) is 10.0. The molecule has 0 atom stereocenters. The van der Waals surface area contributed by atoms with Gasteiger partial charge in [-0.05, 0) is 25.0 Å². The fourth-order valence-corrected chi connectivity index (χ4v) is 1.36. The van der Waals surface area contributed by atoms with Gasteiger partial charge in [-0.25, -0.2) is 9.59 Å². The lowest BCUT2D eigenvalue weighted by molar-refractivity contribution is -0.142. The minimum absolute atomic E-state index is 0.330. The zero-order chi connectivity index (χ0) is 20.9. The molecule has 5 nitrogen and oxygen atoms in total. The van der Waals surface area contributed by atoms with Gasteiger partial charge in [0.15, 0.2) is 5.76 Å². The Kier molecular flexibility index (Phi) is 19.1. The Bertz CT molecular complexity index is 549. The van der Waals surface area contributed by atoms with Crippen molar-refractivity contribution in [3.05, 3.63) is 67.5 Å². The third-order valence-corrected chi connectivity index (χ3v) is 2.91. The number of aliphatic hydroxyl groups is 1. The molecule has 0 saturated carbocycles. The lowest BCUT2D eigenvalue weighted by Gasteiger charge is -2.00. The van der Waals surface area contributed by atoms with Gasteiger partial charge in [-0.1, -0.05) is 76.3 Å². The van der Waals surface area contributed by atoms with Crippen molar-refractivity contribution >= 4 is 18.0 Å². The van der Waals surface area contributed by atoms with Crippen molar-refractivity contribution in [1.82, 2.24) is 0 Å². The first-order valence-corrected chi connectivity index (χ1v) is 8.94. The number of benzene rings is 1. The lowest BCUT2D eigenvalue weighted by atomic mass is 10.2. The molecule has 0 fully saturated rings. The van der Waals surface area contributed by atoms with Crippen LogP contribution in [-0.4, -0.2) is 30.3 Å². The van der Waals surface area contributed by atoms with Gasteiger partial charge in [0.05, 0.1) is 13.2 Å². The van der Waals surface area contributed by atoms with Crippen LogP contribution in [0.3, 0.4) is 0 Å². The number of rotatable bonds is 9. The lowest BCUT2D eigenvalue weighted by Crippen LogP contribution is -2.07. The summed E-state index contributed by atoms with van der Waals surface area (Å²) in [6.45, 7) is 14.8. The second kappa shape index (κ2) is 19.5. The minimum Gasteiger partial charge on any atom is -0.502 e. The van der Waals surface area contributed by atoms with E-state index in [4.69, 9.17) is 5.11 Å². The molecule has 0 spiro atoms. The van der Waals surface area contributed by atoms with Gasteiger partial charge >= 0.3 is 11.9 Å². The molecule has 0 amide bonds. The van der Waals surface area contributed by atoms with Crippen molar-refractivity contribution in [2.75, 3.05) is 13.2 Å². The number of ether oxygens (including phenoxy) is 2. The molecule has 150 valence electrons. The molecule has 1 rings (SSSR count). The van der Waals surface area contributed by atoms with E-state index in [2.05, 4.69) is 29.2 Å². The molecule has 0 aliphatic heterocycles. The van der Waals surface area contributed by atoms with E-state index in [-0.39, 0.29) is 5.97 Å². The van der Waals surface area contributed by atoms with E-state index in [0.717, 1.165) is 25.7 Å². The van der Waals surface area contributed by atoms with E-state index >= 15 is 0 Å². The van der Waals surface area contributed by atoms with Gasteiger partial charge < -0.3 is 14.6 Å². The molecule has 0 aromatic heterocycles. The van der Waals surface area contributed by atoms with E-state index in [1.165, 1.54) is 11.6 Å². The topological polar surface area (TPSA) is 72.8 Å². The molecule has 1 aromatic carbocycles. The SMILES string of the molecule is C=C(O)C(=O)OCCCC.C=CC(=O)OCCCC.C=Cc1ccccc1. The van der Waals surface area contributed by atoms with Crippen molar-refractivity contribution < 1.29 is 24.2 Å². The van der Waals surface area contributed by atoms with Crippen LogP contribution in [-0.2, 0) is 19.1 Å². The highest BCUT2D eigenvalue weighted by Crippen LogP contribution is 1.97. The van der Waals surface area contributed by atoms with Gasteiger partial charge in [0.2, 0.25) is 0 Å². The molecule has 0 aliphatic carbocycles. The molecule has 0 heterocycles. The normalized spacial score (nSPS) is 8.67. The number of unbranched alkanes of at least 4 members (excludes halogenated alkanes) is 2. The monoisotopic (exact) mass is 376 g/mol. The maximum Gasteiger partial charge on any atom is 0.372 e.